The molecule has 0 aromatic carbocycles. The summed E-state index contributed by atoms with van der Waals surface area (Å²) in [7, 11) is 0. The number of rotatable bonds is 12. The normalized spacial score (nSPS) is 9.89. The van der Waals surface area contributed by atoms with Gasteiger partial charge in [0.15, 0.2) is 0 Å². The van der Waals surface area contributed by atoms with Gasteiger partial charge < -0.3 is 10.5 Å². The van der Waals surface area contributed by atoms with Crippen molar-refractivity contribution in [1.82, 2.24) is 0 Å². The molecule has 0 aromatic rings. The van der Waals surface area contributed by atoms with Crippen LogP contribution >= 0.6 is 0 Å². The van der Waals surface area contributed by atoms with Gasteiger partial charge >= 0.3 is 57.4 Å². The van der Waals surface area contributed by atoms with Crippen LogP contribution in [0.25, 0.3) is 0 Å². The van der Waals surface area contributed by atoms with Gasteiger partial charge in [-0.15, -0.1) is 0 Å². The van der Waals surface area contributed by atoms with Crippen molar-refractivity contribution in [3.63, 3.8) is 0 Å². The van der Waals surface area contributed by atoms with E-state index in [2.05, 4.69) is 6.92 Å². The van der Waals surface area contributed by atoms with Gasteiger partial charge in [0.25, 0.3) is 0 Å². The van der Waals surface area contributed by atoms with Crippen LogP contribution in [-0.2, 0) is 9.53 Å². The van der Waals surface area contributed by atoms with Gasteiger partial charge in [-0.05, 0) is 6.42 Å². The van der Waals surface area contributed by atoms with Crippen molar-refractivity contribution in [3.8, 4) is 0 Å². The van der Waals surface area contributed by atoms with Crippen LogP contribution in [0.15, 0.2) is 0 Å². The fourth-order valence-corrected chi connectivity index (χ4v) is 1.83. The number of hydrogen-bond donors (Lipinski definition) is 1. The second-order valence-corrected chi connectivity index (χ2v) is 4.61. The molecule has 0 unspecified atom stereocenters. The van der Waals surface area contributed by atoms with Gasteiger partial charge in [0.2, 0.25) is 0 Å². The van der Waals surface area contributed by atoms with Crippen molar-refractivity contribution in [2.45, 2.75) is 71.1 Å². The molecule has 0 aliphatic rings. The van der Waals surface area contributed by atoms with Crippen molar-refractivity contribution >= 4 is 57.4 Å². The van der Waals surface area contributed by atoms with Crippen LogP contribution in [-0.4, -0.2) is 70.5 Å². The summed E-state index contributed by atoms with van der Waals surface area (Å²) in [5.74, 6) is -0.291. The van der Waals surface area contributed by atoms with E-state index in [-0.39, 0.29) is 63.9 Å². The van der Waals surface area contributed by atoms with E-state index in [4.69, 9.17) is 10.5 Å². The second-order valence-electron chi connectivity index (χ2n) is 4.61. The van der Waals surface area contributed by atoms with Gasteiger partial charge in [-0.2, -0.15) is 0 Å². The molecule has 0 bridgehead atoms. The van der Waals surface area contributed by atoms with E-state index in [1.165, 1.54) is 51.4 Å². The van der Waals surface area contributed by atoms with Crippen LogP contribution in [0.4, 0.5) is 0 Å². The van der Waals surface area contributed by atoms with E-state index in [0.29, 0.717) is 6.61 Å². The Kier molecular flexibility index (Phi) is 21.4. The zero-order valence-corrected chi connectivity index (χ0v) is 11.4. The van der Waals surface area contributed by atoms with E-state index in [9.17, 15) is 4.79 Å². The molecular weight excluding hydrogens is 253 g/mol. The van der Waals surface area contributed by atoms with Crippen LogP contribution in [0, 0.1) is 0 Å². The van der Waals surface area contributed by atoms with Crippen LogP contribution in [0.2, 0.25) is 0 Å². The maximum absolute atomic E-state index is 10.7. The van der Waals surface area contributed by atoms with Gasteiger partial charge in [-0.25, -0.2) is 0 Å². The van der Waals surface area contributed by atoms with Crippen molar-refractivity contribution < 1.29 is 9.53 Å². The molecule has 3 nitrogen and oxygen atoms in total. The van der Waals surface area contributed by atoms with E-state index in [1.54, 1.807) is 0 Å². The number of carbonyl (C=O) groups excluding carboxylic acids is 1. The van der Waals surface area contributed by atoms with Crippen molar-refractivity contribution in [2.24, 2.45) is 5.73 Å². The number of nitrogens with two attached hydrogens (primary N) is 1. The van der Waals surface area contributed by atoms with Crippen molar-refractivity contribution in [3.05, 3.63) is 0 Å². The average Bonchev–Trinajstić information content (AvgIpc) is 2.35. The fourth-order valence-electron chi connectivity index (χ4n) is 1.83. The monoisotopic (exact) mass is 283 g/mol. The summed E-state index contributed by atoms with van der Waals surface area (Å²) in [6.07, 6.45) is 12.9. The Morgan fingerprint density at radius 1 is 0.889 bits per heavy atom. The Labute approximate surface area is 155 Å². The molecule has 0 rings (SSSR count). The molecule has 0 aromatic heterocycles. The van der Waals surface area contributed by atoms with E-state index < -0.39 is 0 Å². The first-order valence-corrected chi connectivity index (χ1v) is 7.17. The second kappa shape index (κ2) is 18.1. The first-order chi connectivity index (χ1) is 8.31. The molecule has 4 heteroatoms. The summed E-state index contributed by atoms with van der Waals surface area (Å²) in [6.45, 7) is 2.78. The minimum atomic E-state index is -0.291. The Balaban J connectivity index is 0. The maximum atomic E-state index is 10.7. The number of carbonyl (C=O) groups is 1. The van der Waals surface area contributed by atoms with E-state index >= 15 is 0 Å². The fraction of sp³-hybridized carbons (Fsp3) is 0.929. The molecule has 0 aliphatic carbocycles. The quantitative estimate of drug-likeness (QED) is 0.340. The third-order valence-electron chi connectivity index (χ3n) is 2.93. The molecule has 104 valence electrons. The van der Waals surface area contributed by atoms with Crippen LogP contribution in [0.5, 0.6) is 0 Å². The summed E-state index contributed by atoms with van der Waals surface area (Å²) >= 11 is 0. The average molecular weight is 283 g/mol. The Morgan fingerprint density at radius 2 is 1.33 bits per heavy atom. The van der Waals surface area contributed by atoms with E-state index in [1.807, 2.05) is 0 Å². The van der Waals surface area contributed by atoms with Gasteiger partial charge in [-0.3, -0.25) is 4.79 Å². The molecule has 2 N–H and O–H groups in total. The van der Waals surface area contributed by atoms with Crippen molar-refractivity contribution in [1.29, 1.82) is 0 Å². The molecule has 0 radical (unpaired) electrons. The van der Waals surface area contributed by atoms with E-state index in [0.717, 1.165) is 12.8 Å². The standard InChI is InChI=1S/C14H29NO2.K.H/c1-2-3-4-5-6-7-8-9-10-11-12-17-14(16)13-15;;/h2-13,15H2,1H3;;. The number of esters is 1. The molecule has 0 fully saturated rings. The number of ether oxygens (including phenoxy) is 1. The van der Waals surface area contributed by atoms with Gasteiger partial charge in [0.1, 0.15) is 0 Å². The molecule has 0 heterocycles. The van der Waals surface area contributed by atoms with Crippen LogP contribution < -0.4 is 5.73 Å². The van der Waals surface area contributed by atoms with Gasteiger partial charge in [-0.1, -0.05) is 64.7 Å². The molecular formula is C14H30KNO2. The molecule has 18 heavy (non-hydrogen) atoms. The van der Waals surface area contributed by atoms with Gasteiger partial charge in [0.05, 0.1) is 13.2 Å². The topological polar surface area (TPSA) is 52.3 Å². The zero-order valence-electron chi connectivity index (χ0n) is 11.4. The molecule has 0 spiro atoms. The SMILES string of the molecule is CCCCCCCCCCCCOC(=O)CN.[KH]. The predicted octanol–water partition coefficient (Wildman–Crippen LogP) is 2.76. The Morgan fingerprint density at radius 3 is 1.78 bits per heavy atom. The molecule has 0 atom stereocenters. The number of unbranched alkanes of at least 4 members (excludes halogenated alkanes) is 9. The first kappa shape index (κ1) is 21.4. The number of hydrogen-bond acceptors (Lipinski definition) is 3. The summed E-state index contributed by atoms with van der Waals surface area (Å²) in [6, 6.07) is 0. The zero-order chi connectivity index (χ0) is 12.8. The molecule has 0 saturated carbocycles. The van der Waals surface area contributed by atoms with Crippen molar-refractivity contribution in [2.75, 3.05) is 13.2 Å². The first-order valence-electron chi connectivity index (χ1n) is 7.17. The van der Waals surface area contributed by atoms with Crippen LogP contribution in [0.3, 0.4) is 0 Å². The summed E-state index contributed by atoms with van der Waals surface area (Å²) in [4.78, 5) is 10.7. The molecule has 0 amide bonds. The minimum absolute atomic E-state index is 0. The van der Waals surface area contributed by atoms with Crippen LogP contribution in [0.1, 0.15) is 71.1 Å². The third-order valence-corrected chi connectivity index (χ3v) is 2.93. The van der Waals surface area contributed by atoms with Gasteiger partial charge in [0, 0.05) is 0 Å². The Bertz CT molecular complexity index is 177. The molecule has 0 saturated heterocycles. The molecule has 0 aliphatic heterocycles. The summed E-state index contributed by atoms with van der Waals surface area (Å²) < 4.78 is 4.90. The Hall–Kier alpha value is 1.07. The predicted molar refractivity (Wildman–Crippen MR) is 79.0 cm³/mol. The third kappa shape index (κ3) is 17.1. The summed E-state index contributed by atoms with van der Waals surface area (Å²) in [5, 5.41) is 0. The summed E-state index contributed by atoms with van der Waals surface area (Å²) in [5.41, 5.74) is 5.13.